The Balaban J connectivity index is 1.67. The van der Waals surface area contributed by atoms with Crippen LogP contribution in [0.2, 0.25) is 0 Å². The summed E-state index contributed by atoms with van der Waals surface area (Å²) in [7, 11) is 4.24. The second kappa shape index (κ2) is 5.34. The molecule has 4 heteroatoms. The van der Waals surface area contributed by atoms with Gasteiger partial charge in [0, 0.05) is 25.0 Å². The molecular formula is C12H22N4. The van der Waals surface area contributed by atoms with Crippen molar-refractivity contribution >= 4 is 5.95 Å². The quantitative estimate of drug-likeness (QED) is 0.716. The van der Waals surface area contributed by atoms with Gasteiger partial charge in [-0.1, -0.05) is 0 Å². The van der Waals surface area contributed by atoms with Gasteiger partial charge in [-0.3, -0.25) is 0 Å². The Bertz CT molecular complexity index is 315. The fourth-order valence-electron chi connectivity index (χ4n) is 1.85. The summed E-state index contributed by atoms with van der Waals surface area (Å²) in [5.41, 5.74) is 0. The van der Waals surface area contributed by atoms with Crippen LogP contribution >= 0.6 is 0 Å². The van der Waals surface area contributed by atoms with E-state index in [0.29, 0.717) is 6.04 Å². The Kier molecular flexibility index (Phi) is 3.83. The summed E-state index contributed by atoms with van der Waals surface area (Å²) >= 11 is 0. The Labute approximate surface area is 97.7 Å². The molecule has 2 rings (SSSR count). The summed E-state index contributed by atoms with van der Waals surface area (Å²) in [4.78, 5) is 6.58. The zero-order valence-corrected chi connectivity index (χ0v) is 10.3. The number of hydrogen-bond donors (Lipinski definition) is 1. The normalized spacial score (nSPS) is 15.7. The van der Waals surface area contributed by atoms with E-state index in [-0.39, 0.29) is 0 Å². The molecule has 0 amide bonds. The molecular weight excluding hydrogens is 200 g/mol. The molecule has 1 saturated carbocycles. The smallest absolute Gasteiger partial charge is 0.203 e. The van der Waals surface area contributed by atoms with E-state index >= 15 is 0 Å². The van der Waals surface area contributed by atoms with E-state index in [2.05, 4.69) is 40.1 Å². The third-order valence-corrected chi connectivity index (χ3v) is 2.92. The van der Waals surface area contributed by atoms with Crippen molar-refractivity contribution in [3.05, 3.63) is 12.4 Å². The van der Waals surface area contributed by atoms with Gasteiger partial charge < -0.3 is 14.8 Å². The molecule has 16 heavy (non-hydrogen) atoms. The minimum Gasteiger partial charge on any atom is -0.356 e. The highest BCUT2D eigenvalue weighted by molar-refractivity contribution is 5.27. The van der Waals surface area contributed by atoms with Crippen LogP contribution in [0.25, 0.3) is 0 Å². The lowest BCUT2D eigenvalue weighted by atomic mass is 10.3. The highest BCUT2D eigenvalue weighted by atomic mass is 15.2. The van der Waals surface area contributed by atoms with Crippen LogP contribution in [-0.2, 0) is 0 Å². The summed E-state index contributed by atoms with van der Waals surface area (Å²) in [5, 5.41) is 3.42. The van der Waals surface area contributed by atoms with E-state index in [0.717, 1.165) is 12.5 Å². The molecule has 1 N–H and O–H groups in total. The number of aromatic nitrogens is 2. The van der Waals surface area contributed by atoms with Crippen molar-refractivity contribution in [3.63, 3.8) is 0 Å². The second-order valence-electron chi connectivity index (χ2n) is 4.83. The lowest BCUT2D eigenvalue weighted by molar-refractivity contribution is 0.396. The van der Waals surface area contributed by atoms with Gasteiger partial charge in [0.1, 0.15) is 0 Å². The topological polar surface area (TPSA) is 33.1 Å². The lowest BCUT2D eigenvalue weighted by Gasteiger charge is -2.10. The molecule has 0 saturated heterocycles. The number of unbranched alkanes of at least 4 members (excludes halogenated alkanes) is 1. The summed E-state index contributed by atoms with van der Waals surface area (Å²) < 4.78 is 2.27. The minimum absolute atomic E-state index is 0.715. The maximum Gasteiger partial charge on any atom is 0.203 e. The summed E-state index contributed by atoms with van der Waals surface area (Å²) in [5.74, 6) is 1.05. The predicted octanol–water partition coefficient (Wildman–Crippen LogP) is 1.97. The van der Waals surface area contributed by atoms with Crippen molar-refractivity contribution in [1.29, 1.82) is 0 Å². The van der Waals surface area contributed by atoms with Crippen molar-refractivity contribution in [2.24, 2.45) is 0 Å². The van der Waals surface area contributed by atoms with Crippen LogP contribution in [0.3, 0.4) is 0 Å². The molecule has 0 spiro atoms. The molecule has 1 heterocycles. The molecule has 0 aliphatic heterocycles. The molecule has 1 aliphatic carbocycles. The van der Waals surface area contributed by atoms with E-state index in [9.17, 15) is 0 Å². The van der Waals surface area contributed by atoms with Crippen LogP contribution in [0, 0.1) is 0 Å². The molecule has 1 fully saturated rings. The number of nitrogens with zero attached hydrogens (tertiary/aromatic N) is 3. The first-order valence-electron chi connectivity index (χ1n) is 6.19. The molecule has 4 nitrogen and oxygen atoms in total. The summed E-state index contributed by atoms with van der Waals surface area (Å²) in [6.07, 6.45) is 9.04. The molecule has 0 bridgehead atoms. The van der Waals surface area contributed by atoms with Crippen LogP contribution in [0.5, 0.6) is 0 Å². The highest BCUT2D eigenvalue weighted by Crippen LogP contribution is 2.36. The van der Waals surface area contributed by atoms with Gasteiger partial charge in [-0.05, 0) is 46.3 Å². The number of imidazole rings is 1. The third-order valence-electron chi connectivity index (χ3n) is 2.92. The lowest BCUT2D eigenvalue weighted by Crippen LogP contribution is -2.15. The molecule has 1 aromatic heterocycles. The third kappa shape index (κ3) is 3.23. The van der Waals surface area contributed by atoms with Crippen molar-refractivity contribution in [2.45, 2.75) is 31.7 Å². The van der Waals surface area contributed by atoms with E-state index < -0.39 is 0 Å². The van der Waals surface area contributed by atoms with Crippen LogP contribution in [0.1, 0.15) is 31.7 Å². The molecule has 0 unspecified atom stereocenters. The van der Waals surface area contributed by atoms with Crippen molar-refractivity contribution in [3.8, 4) is 0 Å². The maximum absolute atomic E-state index is 4.35. The average molecular weight is 222 g/mol. The molecule has 0 radical (unpaired) electrons. The zero-order chi connectivity index (χ0) is 11.4. The first-order valence-corrected chi connectivity index (χ1v) is 6.19. The molecule has 0 atom stereocenters. The minimum atomic E-state index is 0.715. The Morgan fingerprint density at radius 1 is 1.44 bits per heavy atom. The maximum atomic E-state index is 4.35. The number of anilines is 1. The van der Waals surface area contributed by atoms with Crippen LogP contribution in [0.4, 0.5) is 5.95 Å². The SMILES string of the molecule is CN(C)CCCCNc1nccn1C1CC1. The van der Waals surface area contributed by atoms with Crippen LogP contribution in [0.15, 0.2) is 12.4 Å². The van der Waals surface area contributed by atoms with Gasteiger partial charge in [-0.15, -0.1) is 0 Å². The Morgan fingerprint density at radius 3 is 2.94 bits per heavy atom. The van der Waals surface area contributed by atoms with Gasteiger partial charge in [0.25, 0.3) is 0 Å². The van der Waals surface area contributed by atoms with Gasteiger partial charge in [-0.2, -0.15) is 0 Å². The van der Waals surface area contributed by atoms with Crippen LogP contribution < -0.4 is 5.32 Å². The predicted molar refractivity (Wildman–Crippen MR) is 66.8 cm³/mol. The second-order valence-corrected chi connectivity index (χ2v) is 4.83. The standard InChI is InChI=1S/C12H22N4/c1-15(2)9-4-3-7-13-12-14-8-10-16(12)11-5-6-11/h8,10-11H,3-7,9H2,1-2H3,(H,13,14). The van der Waals surface area contributed by atoms with E-state index in [1.54, 1.807) is 0 Å². The van der Waals surface area contributed by atoms with Gasteiger partial charge in [0.15, 0.2) is 0 Å². The largest absolute Gasteiger partial charge is 0.356 e. The monoisotopic (exact) mass is 222 g/mol. The Morgan fingerprint density at radius 2 is 2.25 bits per heavy atom. The fourth-order valence-corrected chi connectivity index (χ4v) is 1.85. The van der Waals surface area contributed by atoms with Gasteiger partial charge in [0.05, 0.1) is 0 Å². The van der Waals surface area contributed by atoms with Gasteiger partial charge in [-0.25, -0.2) is 4.98 Å². The number of rotatable bonds is 7. The van der Waals surface area contributed by atoms with Gasteiger partial charge >= 0.3 is 0 Å². The molecule has 1 aromatic rings. The van der Waals surface area contributed by atoms with Crippen molar-refractivity contribution in [2.75, 3.05) is 32.5 Å². The summed E-state index contributed by atoms with van der Waals surface area (Å²) in [6, 6.07) is 0.715. The number of nitrogens with one attached hydrogen (secondary N) is 1. The first-order chi connectivity index (χ1) is 7.77. The Hall–Kier alpha value is -1.03. The van der Waals surface area contributed by atoms with E-state index in [4.69, 9.17) is 0 Å². The van der Waals surface area contributed by atoms with E-state index in [1.165, 1.54) is 32.2 Å². The zero-order valence-electron chi connectivity index (χ0n) is 10.3. The highest BCUT2D eigenvalue weighted by Gasteiger charge is 2.25. The average Bonchev–Trinajstić information content (AvgIpc) is 2.98. The van der Waals surface area contributed by atoms with E-state index in [1.807, 2.05) is 6.20 Å². The van der Waals surface area contributed by atoms with Crippen LogP contribution in [-0.4, -0.2) is 41.6 Å². The molecule has 0 aromatic carbocycles. The van der Waals surface area contributed by atoms with Gasteiger partial charge in [0.2, 0.25) is 5.95 Å². The van der Waals surface area contributed by atoms with Crippen molar-refractivity contribution in [1.82, 2.24) is 14.5 Å². The fraction of sp³-hybridized carbons (Fsp3) is 0.750. The molecule has 1 aliphatic rings. The number of hydrogen-bond acceptors (Lipinski definition) is 3. The molecule has 90 valence electrons. The van der Waals surface area contributed by atoms with Crippen molar-refractivity contribution < 1.29 is 0 Å². The first kappa shape index (κ1) is 11.5. The summed E-state index contributed by atoms with van der Waals surface area (Å²) in [6.45, 7) is 2.19.